The van der Waals surface area contributed by atoms with Crippen molar-refractivity contribution in [2.24, 2.45) is 0 Å². The maximum atomic E-state index is 13.2. The molecule has 2 amide bonds. The first-order valence-electron chi connectivity index (χ1n) is 9.95. The Balaban J connectivity index is 1.43. The Bertz CT molecular complexity index is 869. The molecule has 2 aromatic rings. The van der Waals surface area contributed by atoms with Gasteiger partial charge in [-0.1, -0.05) is 12.1 Å². The van der Waals surface area contributed by atoms with Gasteiger partial charge >= 0.3 is 0 Å². The van der Waals surface area contributed by atoms with Gasteiger partial charge in [0.25, 0.3) is 0 Å². The molecule has 1 N–H and O–H groups in total. The number of fused-ring (bicyclic) bond motifs is 1. The zero-order valence-electron chi connectivity index (χ0n) is 16.5. The molecule has 0 saturated carbocycles. The molecule has 0 bridgehead atoms. The van der Waals surface area contributed by atoms with Crippen LogP contribution in [0.4, 0.5) is 11.4 Å². The fraction of sp³-hybridized carbons (Fsp3) is 0.476. The van der Waals surface area contributed by atoms with Gasteiger partial charge in [0.2, 0.25) is 11.8 Å². The van der Waals surface area contributed by atoms with E-state index < -0.39 is 0 Å². The Morgan fingerprint density at radius 1 is 1.25 bits per heavy atom. The number of nitrogens with zero attached hydrogens (tertiary/aromatic N) is 4. The summed E-state index contributed by atoms with van der Waals surface area (Å²) in [6.07, 6.45) is 6.26. The first kappa shape index (κ1) is 18.7. The maximum absolute atomic E-state index is 13.2. The third-order valence-corrected chi connectivity index (χ3v) is 5.65. The van der Waals surface area contributed by atoms with Gasteiger partial charge in [0.1, 0.15) is 0 Å². The smallest absolute Gasteiger partial charge is 0.241 e. The van der Waals surface area contributed by atoms with Crippen molar-refractivity contribution in [2.75, 3.05) is 29.9 Å². The number of hydrogen-bond donors (Lipinski definition) is 1. The molecule has 1 saturated heterocycles. The van der Waals surface area contributed by atoms with Crippen LogP contribution in [0.5, 0.6) is 0 Å². The van der Waals surface area contributed by atoms with Gasteiger partial charge in [-0.3, -0.25) is 19.2 Å². The zero-order valence-corrected chi connectivity index (χ0v) is 16.5. The number of benzene rings is 1. The van der Waals surface area contributed by atoms with E-state index in [1.165, 1.54) is 5.56 Å². The molecule has 1 atom stereocenters. The van der Waals surface area contributed by atoms with Gasteiger partial charge in [0, 0.05) is 31.7 Å². The van der Waals surface area contributed by atoms with E-state index in [1.54, 1.807) is 4.90 Å². The van der Waals surface area contributed by atoms with E-state index >= 15 is 0 Å². The summed E-state index contributed by atoms with van der Waals surface area (Å²) in [4.78, 5) is 29.3. The second-order valence-electron chi connectivity index (χ2n) is 7.89. The summed E-state index contributed by atoms with van der Waals surface area (Å²) in [6.45, 7) is 6.10. The van der Waals surface area contributed by atoms with E-state index in [2.05, 4.69) is 33.1 Å². The first-order valence-corrected chi connectivity index (χ1v) is 9.95. The van der Waals surface area contributed by atoms with Gasteiger partial charge in [-0.15, -0.1) is 0 Å². The monoisotopic (exact) mass is 381 g/mol. The highest BCUT2D eigenvalue weighted by Crippen LogP contribution is 2.31. The summed E-state index contributed by atoms with van der Waals surface area (Å²) in [5.41, 5.74) is 2.67. The molecular formula is C21H27N5O2. The van der Waals surface area contributed by atoms with Crippen LogP contribution in [0.1, 0.15) is 37.8 Å². The molecule has 0 radical (unpaired) electrons. The third-order valence-electron chi connectivity index (χ3n) is 5.65. The lowest BCUT2D eigenvalue weighted by Gasteiger charge is -2.34. The maximum Gasteiger partial charge on any atom is 0.241 e. The van der Waals surface area contributed by atoms with Gasteiger partial charge in [-0.2, -0.15) is 5.10 Å². The van der Waals surface area contributed by atoms with Crippen LogP contribution >= 0.6 is 0 Å². The highest BCUT2D eigenvalue weighted by atomic mass is 16.2. The molecule has 148 valence electrons. The molecule has 0 spiro atoms. The van der Waals surface area contributed by atoms with Gasteiger partial charge in [-0.25, -0.2) is 0 Å². The topological polar surface area (TPSA) is 70.5 Å². The minimum Gasteiger partial charge on any atom is -0.324 e. The van der Waals surface area contributed by atoms with Crippen molar-refractivity contribution in [3.05, 3.63) is 42.2 Å². The number of carbonyl (C=O) groups is 2. The van der Waals surface area contributed by atoms with Crippen molar-refractivity contribution in [3.8, 4) is 0 Å². The lowest BCUT2D eigenvalue weighted by Crippen LogP contribution is -2.47. The SMILES string of the molecule is Cc1cnn(C2CCN(CC(=O)N3c4ccccc4NC(=O)C[C@H]3C)CC2)c1. The Morgan fingerprint density at radius 3 is 2.71 bits per heavy atom. The van der Waals surface area contributed by atoms with Crippen LogP contribution in [-0.4, -0.2) is 52.2 Å². The summed E-state index contributed by atoms with van der Waals surface area (Å²) >= 11 is 0. The van der Waals surface area contributed by atoms with Crippen molar-refractivity contribution in [1.29, 1.82) is 0 Å². The number of aromatic nitrogens is 2. The number of para-hydroxylation sites is 2. The number of anilines is 2. The van der Waals surface area contributed by atoms with Gasteiger partial charge in [0.05, 0.1) is 30.2 Å². The predicted molar refractivity (Wildman–Crippen MR) is 108 cm³/mol. The van der Waals surface area contributed by atoms with Crippen molar-refractivity contribution in [3.63, 3.8) is 0 Å². The highest BCUT2D eigenvalue weighted by molar-refractivity contribution is 6.04. The summed E-state index contributed by atoms with van der Waals surface area (Å²) in [5, 5.41) is 7.35. The van der Waals surface area contributed by atoms with E-state index in [-0.39, 0.29) is 17.9 Å². The first-order chi connectivity index (χ1) is 13.5. The Hall–Kier alpha value is -2.67. The second kappa shape index (κ2) is 7.75. The number of piperidine rings is 1. The number of carbonyl (C=O) groups excluding carboxylic acids is 2. The Kier molecular flexibility index (Phi) is 5.17. The average Bonchev–Trinajstić information content (AvgIpc) is 3.04. The molecule has 4 rings (SSSR count). The average molecular weight is 381 g/mol. The van der Waals surface area contributed by atoms with Gasteiger partial charge in [-0.05, 0) is 44.4 Å². The molecule has 1 fully saturated rings. The van der Waals surface area contributed by atoms with Crippen molar-refractivity contribution in [1.82, 2.24) is 14.7 Å². The molecule has 2 aliphatic rings. The van der Waals surface area contributed by atoms with Crippen LogP contribution in [0, 0.1) is 6.92 Å². The summed E-state index contributed by atoms with van der Waals surface area (Å²) < 4.78 is 2.05. The number of rotatable bonds is 3. The number of aryl methyl sites for hydroxylation is 1. The third kappa shape index (κ3) is 3.80. The number of amides is 2. The second-order valence-corrected chi connectivity index (χ2v) is 7.89. The molecule has 1 aromatic heterocycles. The van der Waals surface area contributed by atoms with Crippen LogP contribution < -0.4 is 10.2 Å². The predicted octanol–water partition coefficient (Wildman–Crippen LogP) is 2.59. The van der Waals surface area contributed by atoms with E-state index in [0.717, 1.165) is 31.6 Å². The normalized spacial score (nSPS) is 21.1. The molecule has 2 aliphatic heterocycles. The largest absolute Gasteiger partial charge is 0.324 e. The minimum absolute atomic E-state index is 0.0461. The highest BCUT2D eigenvalue weighted by Gasteiger charge is 2.31. The standard InChI is InChI=1S/C21H27N5O2/c1-15-12-22-25(13-15)17-7-9-24(10-8-17)14-21(28)26-16(2)11-20(27)23-18-5-3-4-6-19(18)26/h3-6,12-13,16-17H,7-11,14H2,1-2H3,(H,23,27)/t16-/m1/s1. The lowest BCUT2D eigenvalue weighted by molar-refractivity contribution is -0.120. The van der Waals surface area contributed by atoms with Crippen LogP contribution in [0.15, 0.2) is 36.7 Å². The summed E-state index contributed by atoms with van der Waals surface area (Å²) in [7, 11) is 0. The van der Waals surface area contributed by atoms with Crippen LogP contribution in [0.25, 0.3) is 0 Å². The summed E-state index contributed by atoms with van der Waals surface area (Å²) in [5.74, 6) is -0.00425. The molecule has 7 heteroatoms. The Labute approximate surface area is 165 Å². The number of nitrogens with one attached hydrogen (secondary N) is 1. The molecule has 28 heavy (non-hydrogen) atoms. The number of hydrogen-bond acceptors (Lipinski definition) is 4. The fourth-order valence-electron chi connectivity index (χ4n) is 4.21. The van der Waals surface area contributed by atoms with Crippen LogP contribution in [-0.2, 0) is 9.59 Å². The molecule has 7 nitrogen and oxygen atoms in total. The molecule has 0 aliphatic carbocycles. The summed E-state index contributed by atoms with van der Waals surface area (Å²) in [6, 6.07) is 7.77. The van der Waals surface area contributed by atoms with Crippen molar-refractivity contribution < 1.29 is 9.59 Å². The van der Waals surface area contributed by atoms with E-state index in [9.17, 15) is 9.59 Å². The molecule has 1 aromatic carbocycles. The van der Waals surface area contributed by atoms with Crippen molar-refractivity contribution in [2.45, 2.75) is 45.2 Å². The van der Waals surface area contributed by atoms with Crippen LogP contribution in [0.2, 0.25) is 0 Å². The molecular weight excluding hydrogens is 354 g/mol. The van der Waals surface area contributed by atoms with Gasteiger partial charge < -0.3 is 10.2 Å². The van der Waals surface area contributed by atoms with Gasteiger partial charge in [0.15, 0.2) is 0 Å². The van der Waals surface area contributed by atoms with E-state index in [4.69, 9.17) is 0 Å². The van der Waals surface area contributed by atoms with Crippen LogP contribution in [0.3, 0.4) is 0 Å². The minimum atomic E-state index is -0.166. The quantitative estimate of drug-likeness (QED) is 0.887. The zero-order chi connectivity index (χ0) is 19.7. The number of likely N-dealkylation sites (tertiary alicyclic amines) is 1. The fourth-order valence-corrected chi connectivity index (χ4v) is 4.21. The van der Waals surface area contributed by atoms with E-state index in [1.807, 2.05) is 37.4 Å². The lowest BCUT2D eigenvalue weighted by atomic mass is 10.1. The van der Waals surface area contributed by atoms with Crippen molar-refractivity contribution >= 4 is 23.2 Å². The van der Waals surface area contributed by atoms with E-state index in [0.29, 0.717) is 24.7 Å². The molecule has 3 heterocycles. The molecule has 0 unspecified atom stereocenters. The Morgan fingerprint density at radius 2 is 2.00 bits per heavy atom.